The van der Waals surface area contributed by atoms with Gasteiger partial charge >= 0.3 is 0 Å². The number of tetrazole rings is 1. The van der Waals surface area contributed by atoms with Gasteiger partial charge < -0.3 is 10.2 Å². The summed E-state index contributed by atoms with van der Waals surface area (Å²) in [4.78, 5) is 15.7. The molecule has 17 heavy (non-hydrogen) atoms. The van der Waals surface area contributed by atoms with E-state index in [2.05, 4.69) is 30.8 Å². The average Bonchev–Trinajstić information content (AvgIpc) is 2.90. The van der Waals surface area contributed by atoms with Crippen molar-refractivity contribution in [3.8, 4) is 0 Å². The Morgan fingerprint density at radius 3 is 2.88 bits per heavy atom. The number of carbonyl (C=O) groups excluding carboxylic acids is 1. The first-order valence-corrected chi connectivity index (χ1v) is 5.69. The van der Waals surface area contributed by atoms with E-state index in [-0.39, 0.29) is 11.7 Å². The summed E-state index contributed by atoms with van der Waals surface area (Å²) in [7, 11) is 1.75. The molecule has 0 saturated carbocycles. The van der Waals surface area contributed by atoms with Gasteiger partial charge in [0.05, 0.1) is 0 Å². The normalized spacial score (nSPS) is 17.0. The molecule has 8 heteroatoms. The van der Waals surface area contributed by atoms with Gasteiger partial charge in [-0.05, 0) is 5.21 Å². The quantitative estimate of drug-likeness (QED) is 0.643. The van der Waals surface area contributed by atoms with E-state index < -0.39 is 0 Å². The summed E-state index contributed by atoms with van der Waals surface area (Å²) >= 11 is 0. The first-order valence-electron chi connectivity index (χ1n) is 5.69. The molecule has 2 rings (SSSR count). The first-order chi connectivity index (χ1) is 8.27. The molecule has 0 aliphatic carbocycles. The number of hydrogen-bond acceptors (Lipinski definition) is 6. The molecule has 1 aromatic rings. The van der Waals surface area contributed by atoms with Crippen LogP contribution in [0.4, 0.5) is 0 Å². The van der Waals surface area contributed by atoms with E-state index in [0.29, 0.717) is 6.54 Å². The lowest BCUT2D eigenvalue weighted by molar-refractivity contribution is 0.0763. The number of amides is 1. The Bertz CT molecular complexity index is 346. The molecular formula is C9H17N7O. The Balaban J connectivity index is 1.76. The van der Waals surface area contributed by atoms with Crippen molar-refractivity contribution < 1.29 is 4.79 Å². The maximum Gasteiger partial charge on any atom is 0.295 e. The zero-order valence-electron chi connectivity index (χ0n) is 9.89. The Labute approximate surface area is 99.3 Å². The fraction of sp³-hybridized carbons (Fsp3) is 0.778. The van der Waals surface area contributed by atoms with E-state index in [0.717, 1.165) is 32.7 Å². The van der Waals surface area contributed by atoms with Crippen molar-refractivity contribution in [2.75, 3.05) is 46.3 Å². The number of hydrogen-bond donors (Lipinski definition) is 2. The van der Waals surface area contributed by atoms with Crippen molar-refractivity contribution in [3.05, 3.63) is 5.82 Å². The zero-order valence-corrected chi connectivity index (χ0v) is 9.89. The molecular weight excluding hydrogens is 222 g/mol. The van der Waals surface area contributed by atoms with Crippen LogP contribution in [0, 0.1) is 0 Å². The number of rotatable bonds is 4. The Morgan fingerprint density at radius 2 is 2.24 bits per heavy atom. The van der Waals surface area contributed by atoms with Gasteiger partial charge in [-0.1, -0.05) is 0 Å². The Morgan fingerprint density at radius 1 is 1.47 bits per heavy atom. The third-order valence-corrected chi connectivity index (χ3v) is 2.84. The summed E-state index contributed by atoms with van der Waals surface area (Å²) < 4.78 is 0. The summed E-state index contributed by atoms with van der Waals surface area (Å²) in [5.74, 6) is -0.0818. The number of piperazine rings is 1. The fourth-order valence-electron chi connectivity index (χ4n) is 1.75. The van der Waals surface area contributed by atoms with E-state index in [4.69, 9.17) is 0 Å². The number of aromatic nitrogens is 4. The van der Waals surface area contributed by atoms with Crippen LogP contribution in [0.5, 0.6) is 0 Å². The molecule has 1 saturated heterocycles. The monoisotopic (exact) mass is 239 g/mol. The molecule has 2 heterocycles. The summed E-state index contributed by atoms with van der Waals surface area (Å²) in [5, 5.41) is 16.3. The molecule has 1 amide bonds. The van der Waals surface area contributed by atoms with Gasteiger partial charge in [-0.25, -0.2) is 0 Å². The molecule has 1 aliphatic heterocycles. The lowest BCUT2D eigenvalue weighted by atomic mass is 10.3. The number of likely N-dealkylation sites (N-methyl/N-ethyl adjacent to an activating group) is 1. The molecule has 2 N–H and O–H groups in total. The van der Waals surface area contributed by atoms with Crippen LogP contribution in [0.25, 0.3) is 0 Å². The molecule has 0 atom stereocenters. The molecule has 1 fully saturated rings. The molecule has 0 unspecified atom stereocenters. The van der Waals surface area contributed by atoms with Crippen LogP contribution >= 0.6 is 0 Å². The van der Waals surface area contributed by atoms with Gasteiger partial charge in [0.1, 0.15) is 0 Å². The van der Waals surface area contributed by atoms with Crippen LogP contribution in [0.2, 0.25) is 0 Å². The molecule has 0 aromatic carbocycles. The lowest BCUT2D eigenvalue weighted by Crippen LogP contribution is -2.46. The zero-order chi connectivity index (χ0) is 12.1. The van der Waals surface area contributed by atoms with E-state index in [1.54, 1.807) is 11.9 Å². The van der Waals surface area contributed by atoms with Gasteiger partial charge in [0.25, 0.3) is 11.7 Å². The minimum absolute atomic E-state index is 0.118. The molecule has 0 radical (unpaired) electrons. The van der Waals surface area contributed by atoms with Crippen molar-refractivity contribution >= 4 is 5.91 Å². The molecule has 0 bridgehead atoms. The summed E-state index contributed by atoms with van der Waals surface area (Å²) in [6.07, 6.45) is 0. The second-order valence-corrected chi connectivity index (χ2v) is 4.05. The lowest BCUT2D eigenvalue weighted by Gasteiger charge is -2.28. The smallest absolute Gasteiger partial charge is 0.295 e. The Kier molecular flexibility index (Phi) is 3.99. The molecule has 1 aliphatic rings. The SMILES string of the molecule is CN(CCN1CCNCC1)C(=O)c1nn[nH]n1. The van der Waals surface area contributed by atoms with Crippen molar-refractivity contribution in [2.24, 2.45) is 0 Å². The van der Waals surface area contributed by atoms with Crippen LogP contribution in [-0.2, 0) is 0 Å². The van der Waals surface area contributed by atoms with E-state index >= 15 is 0 Å². The highest BCUT2D eigenvalue weighted by molar-refractivity contribution is 5.89. The standard InChI is InChI=1S/C9H17N7O/c1-15(9(17)8-11-13-14-12-8)6-7-16-4-2-10-3-5-16/h10H,2-7H2,1H3,(H,11,12,13,14). The third kappa shape index (κ3) is 3.21. The Hall–Kier alpha value is -1.54. The van der Waals surface area contributed by atoms with Gasteiger partial charge in [-0.15, -0.1) is 10.2 Å². The van der Waals surface area contributed by atoms with Gasteiger partial charge in [-0.2, -0.15) is 5.21 Å². The van der Waals surface area contributed by atoms with Crippen LogP contribution < -0.4 is 5.32 Å². The number of nitrogens with zero attached hydrogens (tertiary/aromatic N) is 5. The summed E-state index contributed by atoms with van der Waals surface area (Å²) in [5.41, 5.74) is 0. The predicted molar refractivity (Wildman–Crippen MR) is 60.4 cm³/mol. The highest BCUT2D eigenvalue weighted by atomic mass is 16.2. The highest BCUT2D eigenvalue weighted by Crippen LogP contribution is 1.96. The largest absolute Gasteiger partial charge is 0.338 e. The minimum Gasteiger partial charge on any atom is -0.338 e. The van der Waals surface area contributed by atoms with Crippen molar-refractivity contribution in [2.45, 2.75) is 0 Å². The number of aromatic amines is 1. The van der Waals surface area contributed by atoms with Crippen molar-refractivity contribution in [1.82, 2.24) is 35.7 Å². The predicted octanol–water partition coefficient (Wildman–Crippen LogP) is -1.82. The first kappa shape index (κ1) is 11.9. The molecule has 0 spiro atoms. The van der Waals surface area contributed by atoms with Crippen molar-refractivity contribution in [1.29, 1.82) is 0 Å². The van der Waals surface area contributed by atoms with E-state index in [1.807, 2.05) is 0 Å². The third-order valence-electron chi connectivity index (χ3n) is 2.84. The van der Waals surface area contributed by atoms with Gasteiger partial charge in [0.15, 0.2) is 0 Å². The van der Waals surface area contributed by atoms with Crippen LogP contribution in [0.3, 0.4) is 0 Å². The van der Waals surface area contributed by atoms with Gasteiger partial charge in [0, 0.05) is 46.3 Å². The maximum absolute atomic E-state index is 11.8. The average molecular weight is 239 g/mol. The molecule has 8 nitrogen and oxygen atoms in total. The van der Waals surface area contributed by atoms with Crippen LogP contribution in [0.15, 0.2) is 0 Å². The van der Waals surface area contributed by atoms with Crippen LogP contribution in [0.1, 0.15) is 10.6 Å². The molecule has 1 aromatic heterocycles. The number of H-pyrrole nitrogens is 1. The topological polar surface area (TPSA) is 90.0 Å². The summed E-state index contributed by atoms with van der Waals surface area (Å²) in [6, 6.07) is 0. The number of carbonyl (C=O) groups is 1. The van der Waals surface area contributed by atoms with Crippen molar-refractivity contribution in [3.63, 3.8) is 0 Å². The summed E-state index contributed by atoms with van der Waals surface area (Å²) in [6.45, 7) is 5.65. The second-order valence-electron chi connectivity index (χ2n) is 4.05. The van der Waals surface area contributed by atoms with E-state index in [9.17, 15) is 4.79 Å². The molecule has 94 valence electrons. The highest BCUT2D eigenvalue weighted by Gasteiger charge is 2.17. The van der Waals surface area contributed by atoms with Gasteiger partial charge in [-0.3, -0.25) is 9.69 Å². The van der Waals surface area contributed by atoms with E-state index in [1.165, 1.54) is 0 Å². The minimum atomic E-state index is -0.200. The second kappa shape index (κ2) is 5.69. The number of nitrogens with one attached hydrogen (secondary N) is 2. The van der Waals surface area contributed by atoms with Crippen LogP contribution in [-0.4, -0.2) is 82.6 Å². The maximum atomic E-state index is 11.8. The fourth-order valence-corrected chi connectivity index (χ4v) is 1.75. The van der Waals surface area contributed by atoms with Gasteiger partial charge in [0.2, 0.25) is 0 Å².